The van der Waals surface area contributed by atoms with Crippen molar-refractivity contribution in [2.75, 3.05) is 86.6 Å². The van der Waals surface area contributed by atoms with Gasteiger partial charge < -0.3 is 25.3 Å². The molecule has 0 aromatic heterocycles. The molecule has 0 saturated carbocycles. The van der Waals surface area contributed by atoms with Crippen LogP contribution in [0, 0.1) is 0 Å². The molecule has 0 radical (unpaired) electrons. The Hall–Kier alpha value is -0.200. The molecule has 0 amide bonds. The monoisotopic (exact) mass is 299 g/mol. The second-order valence-electron chi connectivity index (χ2n) is 6.60. The van der Waals surface area contributed by atoms with Gasteiger partial charge in [0.1, 0.15) is 0 Å². The molecule has 5 nitrogen and oxygen atoms in total. The van der Waals surface area contributed by atoms with Gasteiger partial charge in [-0.3, -0.25) is 0 Å². The highest BCUT2D eigenvalue weighted by Crippen LogP contribution is 2.00. The number of rotatable bonds is 3. The van der Waals surface area contributed by atoms with Crippen molar-refractivity contribution < 1.29 is 0 Å². The fourth-order valence-electron chi connectivity index (χ4n) is 2.81. The molecule has 126 valence electrons. The molecular formula is C16H37N5. The molecule has 21 heavy (non-hydrogen) atoms. The molecule has 2 N–H and O–H groups in total. The number of nitrogens with two attached hydrogens (primary N) is 1. The van der Waals surface area contributed by atoms with Crippen molar-refractivity contribution in [1.82, 2.24) is 19.6 Å². The van der Waals surface area contributed by atoms with Gasteiger partial charge in [-0.05, 0) is 79.7 Å². The van der Waals surface area contributed by atoms with E-state index in [2.05, 4.69) is 40.7 Å². The molecule has 1 fully saturated rings. The molecule has 0 aromatic rings. The van der Waals surface area contributed by atoms with Crippen LogP contribution in [0.1, 0.15) is 19.3 Å². The van der Waals surface area contributed by atoms with E-state index in [4.69, 9.17) is 5.73 Å². The summed E-state index contributed by atoms with van der Waals surface area (Å²) in [5.41, 5.74) is 5.67. The summed E-state index contributed by atoms with van der Waals surface area (Å²) in [6, 6.07) is 0. The molecule has 0 atom stereocenters. The van der Waals surface area contributed by atoms with Gasteiger partial charge in [-0.15, -0.1) is 0 Å². The summed E-state index contributed by atoms with van der Waals surface area (Å²) in [4.78, 5) is 10.00. The Morgan fingerprint density at radius 3 is 1.67 bits per heavy atom. The van der Waals surface area contributed by atoms with Crippen LogP contribution in [0.5, 0.6) is 0 Å². The summed E-state index contributed by atoms with van der Waals surface area (Å²) >= 11 is 0. The van der Waals surface area contributed by atoms with Gasteiger partial charge in [-0.1, -0.05) is 0 Å². The molecule has 1 rings (SSSR count). The highest BCUT2D eigenvalue weighted by atomic mass is 15.2. The predicted octanol–water partition coefficient (Wildman–Crippen LogP) is 0.226. The minimum Gasteiger partial charge on any atom is -0.330 e. The Balaban J connectivity index is 2.44. The quantitative estimate of drug-likeness (QED) is 0.807. The van der Waals surface area contributed by atoms with Gasteiger partial charge in [0.05, 0.1) is 0 Å². The van der Waals surface area contributed by atoms with Gasteiger partial charge in [-0.25, -0.2) is 0 Å². The van der Waals surface area contributed by atoms with Crippen LogP contribution >= 0.6 is 0 Å². The lowest BCUT2D eigenvalue weighted by Crippen LogP contribution is -2.39. The topological polar surface area (TPSA) is 39.0 Å². The smallest absolute Gasteiger partial charge is 0.0109 e. The van der Waals surface area contributed by atoms with Crippen LogP contribution in [0.2, 0.25) is 0 Å². The zero-order chi connectivity index (χ0) is 15.5. The van der Waals surface area contributed by atoms with E-state index in [1.807, 2.05) is 0 Å². The van der Waals surface area contributed by atoms with Crippen LogP contribution in [0.25, 0.3) is 0 Å². The van der Waals surface area contributed by atoms with Crippen molar-refractivity contribution >= 4 is 0 Å². The third kappa shape index (κ3) is 9.42. The zero-order valence-electron chi connectivity index (χ0n) is 14.6. The molecule has 0 unspecified atom stereocenters. The third-order valence-electron chi connectivity index (χ3n) is 4.43. The van der Waals surface area contributed by atoms with Crippen molar-refractivity contribution in [2.45, 2.75) is 19.3 Å². The number of nitrogens with zero attached hydrogens (tertiary/aromatic N) is 4. The van der Waals surface area contributed by atoms with Crippen molar-refractivity contribution in [1.29, 1.82) is 0 Å². The van der Waals surface area contributed by atoms with Crippen LogP contribution in [0.4, 0.5) is 0 Å². The first-order valence-corrected chi connectivity index (χ1v) is 8.60. The van der Waals surface area contributed by atoms with Crippen LogP contribution in [0.3, 0.4) is 0 Å². The molecule has 1 saturated heterocycles. The SMILES string of the molecule is CN1CCCN(C)CCN(CCCN)CCCN(C)CC1. The third-order valence-corrected chi connectivity index (χ3v) is 4.43. The van der Waals surface area contributed by atoms with E-state index in [0.717, 1.165) is 19.5 Å². The maximum absolute atomic E-state index is 5.67. The Kier molecular flexibility index (Phi) is 10.2. The Bertz CT molecular complexity index is 249. The van der Waals surface area contributed by atoms with Gasteiger partial charge in [0.15, 0.2) is 0 Å². The van der Waals surface area contributed by atoms with Crippen LogP contribution in [0.15, 0.2) is 0 Å². The summed E-state index contributed by atoms with van der Waals surface area (Å²) in [5.74, 6) is 0. The molecule has 0 aliphatic carbocycles. The Labute approximate surface area is 132 Å². The summed E-state index contributed by atoms with van der Waals surface area (Å²) in [6.07, 6.45) is 3.64. The summed E-state index contributed by atoms with van der Waals surface area (Å²) < 4.78 is 0. The largest absolute Gasteiger partial charge is 0.330 e. The highest BCUT2D eigenvalue weighted by molar-refractivity contribution is 4.66. The maximum Gasteiger partial charge on any atom is 0.0109 e. The number of likely N-dealkylation sites (N-methyl/N-ethyl adjacent to an activating group) is 3. The normalized spacial score (nSPS) is 24.0. The fourth-order valence-corrected chi connectivity index (χ4v) is 2.81. The summed E-state index contributed by atoms with van der Waals surface area (Å²) in [5, 5.41) is 0. The molecule has 5 heteroatoms. The van der Waals surface area contributed by atoms with E-state index in [0.29, 0.717) is 0 Å². The van der Waals surface area contributed by atoms with Gasteiger partial charge in [0.25, 0.3) is 0 Å². The standard InChI is InChI=1S/C16H37N5/c1-18-8-5-9-20(3)15-16-21(11-4-7-17)12-6-10-19(2)14-13-18/h4-17H2,1-3H3. The minimum absolute atomic E-state index is 0.804. The lowest BCUT2D eigenvalue weighted by atomic mass is 10.3. The molecule has 1 aliphatic heterocycles. The maximum atomic E-state index is 5.67. The van der Waals surface area contributed by atoms with E-state index < -0.39 is 0 Å². The summed E-state index contributed by atoms with van der Waals surface area (Å²) in [6.45, 7) is 11.5. The van der Waals surface area contributed by atoms with E-state index >= 15 is 0 Å². The second-order valence-corrected chi connectivity index (χ2v) is 6.60. The predicted molar refractivity (Wildman–Crippen MR) is 91.8 cm³/mol. The molecule has 0 bridgehead atoms. The fraction of sp³-hybridized carbons (Fsp3) is 1.00. The van der Waals surface area contributed by atoms with Crippen molar-refractivity contribution in [3.8, 4) is 0 Å². The van der Waals surface area contributed by atoms with Crippen LogP contribution < -0.4 is 5.73 Å². The van der Waals surface area contributed by atoms with E-state index in [-0.39, 0.29) is 0 Å². The Morgan fingerprint density at radius 1 is 0.667 bits per heavy atom. The highest BCUT2D eigenvalue weighted by Gasteiger charge is 2.09. The van der Waals surface area contributed by atoms with Crippen molar-refractivity contribution in [2.24, 2.45) is 5.73 Å². The molecule has 1 aliphatic rings. The van der Waals surface area contributed by atoms with E-state index in [9.17, 15) is 0 Å². The number of hydrogen-bond donors (Lipinski definition) is 1. The average molecular weight is 300 g/mol. The zero-order valence-corrected chi connectivity index (χ0v) is 14.6. The number of hydrogen-bond acceptors (Lipinski definition) is 5. The second kappa shape index (κ2) is 11.4. The van der Waals surface area contributed by atoms with E-state index in [1.165, 1.54) is 65.2 Å². The lowest BCUT2D eigenvalue weighted by molar-refractivity contribution is 0.189. The first-order valence-electron chi connectivity index (χ1n) is 8.60. The van der Waals surface area contributed by atoms with E-state index in [1.54, 1.807) is 0 Å². The lowest BCUT2D eigenvalue weighted by Gasteiger charge is -2.28. The molecule has 0 spiro atoms. The van der Waals surface area contributed by atoms with Gasteiger partial charge >= 0.3 is 0 Å². The first kappa shape index (κ1) is 18.8. The molecule has 0 aromatic carbocycles. The van der Waals surface area contributed by atoms with Crippen LogP contribution in [-0.4, -0.2) is 106 Å². The van der Waals surface area contributed by atoms with Crippen molar-refractivity contribution in [3.63, 3.8) is 0 Å². The molecular weight excluding hydrogens is 262 g/mol. The van der Waals surface area contributed by atoms with Crippen molar-refractivity contribution in [3.05, 3.63) is 0 Å². The summed E-state index contributed by atoms with van der Waals surface area (Å²) in [7, 11) is 6.74. The van der Waals surface area contributed by atoms with Gasteiger partial charge in [-0.2, -0.15) is 0 Å². The minimum atomic E-state index is 0.804. The first-order chi connectivity index (χ1) is 10.1. The van der Waals surface area contributed by atoms with Crippen LogP contribution in [-0.2, 0) is 0 Å². The van der Waals surface area contributed by atoms with Gasteiger partial charge in [0.2, 0.25) is 0 Å². The average Bonchev–Trinajstić information content (AvgIpc) is 2.46. The molecule has 1 heterocycles. The van der Waals surface area contributed by atoms with Gasteiger partial charge in [0, 0.05) is 26.2 Å². The Morgan fingerprint density at radius 2 is 1.14 bits per heavy atom.